The average molecular weight is 293 g/mol. The van der Waals surface area contributed by atoms with Crippen LogP contribution in [0.2, 0.25) is 0 Å². The van der Waals surface area contributed by atoms with Gasteiger partial charge in [-0.15, -0.1) is 0 Å². The van der Waals surface area contributed by atoms with Crippen LogP contribution in [0.15, 0.2) is 12.3 Å². The van der Waals surface area contributed by atoms with E-state index in [1.54, 1.807) is 0 Å². The molecule has 1 aromatic rings. The minimum atomic E-state index is 0.00653. The number of nitrogens with zero attached hydrogens (tertiary/aromatic N) is 2. The van der Waals surface area contributed by atoms with Crippen molar-refractivity contribution in [1.82, 2.24) is 9.97 Å². The van der Waals surface area contributed by atoms with Crippen molar-refractivity contribution < 1.29 is 4.74 Å². The molecule has 0 aliphatic carbocycles. The molecule has 1 spiro atoms. The second kappa shape index (κ2) is 6.00. The van der Waals surface area contributed by atoms with Crippen LogP contribution < -0.4 is 5.73 Å². The topological polar surface area (TPSA) is 61.0 Å². The van der Waals surface area contributed by atoms with Gasteiger partial charge in [0.05, 0.1) is 17.3 Å². The molecule has 2 fully saturated rings. The maximum Gasteiger partial charge on any atom is 0.125 e. The summed E-state index contributed by atoms with van der Waals surface area (Å²) in [5.74, 6) is 3.71. The molecule has 5 heteroatoms. The summed E-state index contributed by atoms with van der Waals surface area (Å²) in [5.41, 5.74) is 7.55. The Hall–Kier alpha value is -0.650. The van der Waals surface area contributed by atoms with Crippen molar-refractivity contribution in [1.29, 1.82) is 0 Å². The van der Waals surface area contributed by atoms with E-state index >= 15 is 0 Å². The minimum absolute atomic E-state index is 0.00653. The summed E-state index contributed by atoms with van der Waals surface area (Å²) in [6.45, 7) is 2.76. The zero-order valence-electron chi connectivity index (χ0n) is 12.0. The Kier molecular flexibility index (Phi) is 4.29. The number of nitrogens with two attached hydrogens (primary N) is 1. The SMILES string of the molecule is Cc1nccc(C(N)C2CCOC3(CCSCC3)C2)n1. The first kappa shape index (κ1) is 14.3. The van der Waals surface area contributed by atoms with Crippen molar-refractivity contribution in [3.8, 4) is 0 Å². The van der Waals surface area contributed by atoms with E-state index in [4.69, 9.17) is 10.5 Å². The molecule has 2 atom stereocenters. The minimum Gasteiger partial charge on any atom is -0.375 e. The van der Waals surface area contributed by atoms with Gasteiger partial charge in [-0.2, -0.15) is 11.8 Å². The third kappa shape index (κ3) is 3.00. The molecule has 20 heavy (non-hydrogen) atoms. The van der Waals surface area contributed by atoms with Crippen LogP contribution in [-0.2, 0) is 4.74 Å². The highest BCUT2D eigenvalue weighted by Gasteiger charge is 2.40. The van der Waals surface area contributed by atoms with Gasteiger partial charge in [-0.1, -0.05) is 0 Å². The predicted molar refractivity (Wildman–Crippen MR) is 81.7 cm³/mol. The van der Waals surface area contributed by atoms with Crippen molar-refractivity contribution in [2.75, 3.05) is 18.1 Å². The van der Waals surface area contributed by atoms with E-state index in [1.165, 1.54) is 24.3 Å². The molecule has 1 aromatic heterocycles. The lowest BCUT2D eigenvalue weighted by Gasteiger charge is -2.44. The van der Waals surface area contributed by atoms with Crippen LogP contribution in [0.4, 0.5) is 0 Å². The Morgan fingerprint density at radius 1 is 1.45 bits per heavy atom. The van der Waals surface area contributed by atoms with Crippen LogP contribution in [-0.4, -0.2) is 33.7 Å². The number of aromatic nitrogens is 2. The van der Waals surface area contributed by atoms with E-state index in [0.717, 1.165) is 31.0 Å². The highest BCUT2D eigenvalue weighted by molar-refractivity contribution is 7.99. The summed E-state index contributed by atoms with van der Waals surface area (Å²) < 4.78 is 6.14. The Bertz CT molecular complexity index is 457. The van der Waals surface area contributed by atoms with E-state index < -0.39 is 0 Å². The zero-order valence-corrected chi connectivity index (χ0v) is 12.9. The van der Waals surface area contributed by atoms with Crippen LogP contribution in [0.1, 0.15) is 43.2 Å². The maximum atomic E-state index is 6.48. The third-order valence-electron chi connectivity index (χ3n) is 4.58. The predicted octanol–water partition coefficient (Wildman–Crippen LogP) is 2.48. The Labute approximate surface area is 124 Å². The van der Waals surface area contributed by atoms with Crippen molar-refractivity contribution in [2.45, 2.75) is 44.2 Å². The van der Waals surface area contributed by atoms with Gasteiger partial charge in [0.2, 0.25) is 0 Å². The van der Waals surface area contributed by atoms with Crippen LogP contribution in [0.5, 0.6) is 0 Å². The summed E-state index contributed by atoms with van der Waals surface area (Å²) in [6.07, 6.45) is 6.27. The van der Waals surface area contributed by atoms with Crippen LogP contribution in [0.25, 0.3) is 0 Å². The van der Waals surface area contributed by atoms with Gasteiger partial charge in [0.15, 0.2) is 0 Å². The molecule has 2 N–H and O–H groups in total. The summed E-state index contributed by atoms with van der Waals surface area (Å²) in [4.78, 5) is 8.66. The molecule has 2 saturated heterocycles. The van der Waals surface area contributed by atoms with Gasteiger partial charge in [-0.05, 0) is 56.1 Å². The molecular weight excluding hydrogens is 270 g/mol. The van der Waals surface area contributed by atoms with Gasteiger partial charge < -0.3 is 10.5 Å². The van der Waals surface area contributed by atoms with E-state index in [9.17, 15) is 0 Å². The largest absolute Gasteiger partial charge is 0.375 e. The first-order chi connectivity index (χ1) is 9.69. The van der Waals surface area contributed by atoms with Crippen LogP contribution >= 0.6 is 11.8 Å². The van der Waals surface area contributed by atoms with Crippen molar-refractivity contribution >= 4 is 11.8 Å². The number of hydrogen-bond acceptors (Lipinski definition) is 5. The van der Waals surface area contributed by atoms with Gasteiger partial charge in [-0.25, -0.2) is 9.97 Å². The van der Waals surface area contributed by atoms with Crippen LogP contribution in [0.3, 0.4) is 0 Å². The standard InChI is InChI=1S/C15H23N3OS/c1-11-17-6-2-13(18-11)14(16)12-3-7-19-15(10-12)4-8-20-9-5-15/h2,6,12,14H,3-5,7-10,16H2,1H3. The second-order valence-corrected chi connectivity index (χ2v) is 7.18. The fourth-order valence-electron chi connectivity index (χ4n) is 3.37. The Balaban J connectivity index is 1.73. The molecule has 2 aliphatic rings. The first-order valence-electron chi connectivity index (χ1n) is 7.45. The average Bonchev–Trinajstić information content (AvgIpc) is 2.47. The summed E-state index contributed by atoms with van der Waals surface area (Å²) in [7, 11) is 0. The lowest BCUT2D eigenvalue weighted by atomic mass is 9.78. The monoisotopic (exact) mass is 293 g/mol. The maximum absolute atomic E-state index is 6.48. The number of rotatable bonds is 2. The quantitative estimate of drug-likeness (QED) is 0.907. The van der Waals surface area contributed by atoms with Gasteiger partial charge in [-0.3, -0.25) is 0 Å². The second-order valence-electron chi connectivity index (χ2n) is 5.95. The molecule has 0 bridgehead atoms. The van der Waals surface area contributed by atoms with Gasteiger partial charge in [0.1, 0.15) is 5.82 Å². The fourth-order valence-corrected chi connectivity index (χ4v) is 4.60. The van der Waals surface area contributed by atoms with Crippen LogP contribution in [0, 0.1) is 12.8 Å². The molecular formula is C15H23N3OS. The van der Waals surface area contributed by atoms with Crippen molar-refractivity contribution in [3.63, 3.8) is 0 Å². The molecule has 3 heterocycles. The van der Waals surface area contributed by atoms with E-state index in [1.807, 2.05) is 30.9 Å². The van der Waals surface area contributed by atoms with Gasteiger partial charge >= 0.3 is 0 Å². The van der Waals surface area contributed by atoms with Gasteiger partial charge in [0.25, 0.3) is 0 Å². The lowest BCUT2D eigenvalue weighted by Crippen LogP contribution is -2.45. The fraction of sp³-hybridized carbons (Fsp3) is 0.733. The molecule has 110 valence electrons. The summed E-state index contributed by atoms with van der Waals surface area (Å²) in [6, 6.07) is 1.96. The molecule has 0 aromatic carbocycles. The molecule has 0 amide bonds. The third-order valence-corrected chi connectivity index (χ3v) is 5.57. The Morgan fingerprint density at radius 3 is 3.00 bits per heavy atom. The normalized spacial score (nSPS) is 27.4. The number of hydrogen-bond donors (Lipinski definition) is 1. The van der Waals surface area contributed by atoms with Crippen molar-refractivity contribution in [3.05, 3.63) is 23.8 Å². The number of ether oxygens (including phenoxy) is 1. The molecule has 0 saturated carbocycles. The summed E-state index contributed by atoms with van der Waals surface area (Å²) in [5, 5.41) is 0. The Morgan fingerprint density at radius 2 is 2.25 bits per heavy atom. The smallest absolute Gasteiger partial charge is 0.125 e. The number of thioether (sulfide) groups is 1. The molecule has 2 unspecified atom stereocenters. The first-order valence-corrected chi connectivity index (χ1v) is 8.61. The van der Waals surface area contributed by atoms with E-state index in [2.05, 4.69) is 9.97 Å². The molecule has 4 nitrogen and oxygen atoms in total. The summed E-state index contributed by atoms with van der Waals surface area (Å²) >= 11 is 2.04. The lowest BCUT2D eigenvalue weighted by molar-refractivity contribution is -0.106. The highest BCUT2D eigenvalue weighted by atomic mass is 32.2. The molecule has 3 rings (SSSR count). The van der Waals surface area contributed by atoms with Gasteiger partial charge in [0, 0.05) is 12.8 Å². The molecule has 2 aliphatic heterocycles. The van der Waals surface area contributed by atoms with E-state index in [-0.39, 0.29) is 11.6 Å². The number of aryl methyl sites for hydroxylation is 1. The van der Waals surface area contributed by atoms with E-state index in [0.29, 0.717) is 5.92 Å². The zero-order chi connectivity index (χ0) is 14.0. The van der Waals surface area contributed by atoms with Crippen molar-refractivity contribution in [2.24, 2.45) is 11.7 Å². The molecule has 0 radical (unpaired) electrons. The highest BCUT2D eigenvalue weighted by Crippen LogP contribution is 2.42.